The van der Waals surface area contributed by atoms with E-state index in [-0.39, 0.29) is 5.92 Å². The molecule has 2 aliphatic rings. The smallest absolute Gasteiger partial charge is 0.157 e. The van der Waals surface area contributed by atoms with Crippen molar-refractivity contribution < 1.29 is 0 Å². The molecule has 5 nitrogen and oxygen atoms in total. The van der Waals surface area contributed by atoms with E-state index in [1.165, 1.54) is 18.4 Å². The van der Waals surface area contributed by atoms with E-state index >= 15 is 0 Å². The van der Waals surface area contributed by atoms with Crippen LogP contribution in [0.1, 0.15) is 44.1 Å². The first kappa shape index (κ1) is 14.0. The monoisotopic (exact) mass is 359 g/mol. The van der Waals surface area contributed by atoms with E-state index in [1.54, 1.807) is 6.33 Å². The molecule has 22 heavy (non-hydrogen) atoms. The van der Waals surface area contributed by atoms with Gasteiger partial charge >= 0.3 is 0 Å². The molecule has 1 saturated heterocycles. The first-order valence-corrected chi connectivity index (χ1v) is 8.66. The average molecular weight is 360 g/mol. The van der Waals surface area contributed by atoms with Crippen LogP contribution in [0.5, 0.6) is 0 Å². The van der Waals surface area contributed by atoms with Gasteiger partial charge in [0.25, 0.3) is 0 Å². The minimum atomic E-state index is 0.172. The molecule has 1 saturated carbocycles. The highest BCUT2D eigenvalue weighted by Crippen LogP contribution is 2.45. The number of hydrogen-bond acceptors (Lipinski definition) is 4. The summed E-state index contributed by atoms with van der Waals surface area (Å²) in [5, 5.41) is 13.6. The van der Waals surface area contributed by atoms with Crippen molar-refractivity contribution in [1.82, 2.24) is 14.6 Å². The average Bonchev–Trinajstić information content (AvgIpc) is 3.32. The molecule has 0 amide bonds. The summed E-state index contributed by atoms with van der Waals surface area (Å²) in [5.74, 6) is 1.84. The summed E-state index contributed by atoms with van der Waals surface area (Å²) in [6, 6.07) is 4.94. The van der Waals surface area contributed by atoms with Gasteiger partial charge in [-0.3, -0.25) is 0 Å². The van der Waals surface area contributed by atoms with Gasteiger partial charge in [0.15, 0.2) is 5.82 Å². The molecule has 3 heterocycles. The summed E-state index contributed by atoms with van der Waals surface area (Å²) < 4.78 is 2.95. The zero-order valence-electron chi connectivity index (χ0n) is 12.5. The van der Waals surface area contributed by atoms with Crippen molar-refractivity contribution in [3.8, 4) is 6.07 Å². The Labute approximate surface area is 138 Å². The molecule has 2 aromatic heterocycles. The highest BCUT2D eigenvalue weighted by molar-refractivity contribution is 9.10. The SMILES string of the molecule is C[C@@H]1CC(C#N)CCN1c1ncnn2c(Br)cc(C3CC3)c12. The Morgan fingerprint density at radius 2 is 2.18 bits per heavy atom. The van der Waals surface area contributed by atoms with E-state index in [2.05, 4.69) is 50.0 Å². The number of aromatic nitrogens is 3. The van der Waals surface area contributed by atoms with Crippen molar-refractivity contribution in [2.24, 2.45) is 5.92 Å². The Morgan fingerprint density at radius 3 is 2.86 bits per heavy atom. The second-order valence-corrected chi connectivity index (χ2v) is 7.25. The third-order valence-electron chi connectivity index (χ3n) is 4.87. The summed E-state index contributed by atoms with van der Waals surface area (Å²) in [7, 11) is 0. The van der Waals surface area contributed by atoms with Crippen molar-refractivity contribution in [3.05, 3.63) is 22.6 Å². The summed E-state index contributed by atoms with van der Waals surface area (Å²) in [6.45, 7) is 3.08. The van der Waals surface area contributed by atoms with Crippen LogP contribution in [0.4, 0.5) is 5.82 Å². The molecule has 0 N–H and O–H groups in total. The van der Waals surface area contributed by atoms with Crippen LogP contribution in [0.25, 0.3) is 5.52 Å². The van der Waals surface area contributed by atoms with E-state index in [1.807, 2.05) is 4.52 Å². The van der Waals surface area contributed by atoms with Gasteiger partial charge in [0.1, 0.15) is 16.4 Å². The molecule has 1 aliphatic heterocycles. The third kappa shape index (κ3) is 2.19. The van der Waals surface area contributed by atoms with Crippen LogP contribution in [-0.2, 0) is 0 Å². The number of hydrogen-bond donors (Lipinski definition) is 0. The van der Waals surface area contributed by atoms with Crippen molar-refractivity contribution in [2.75, 3.05) is 11.4 Å². The van der Waals surface area contributed by atoms with E-state index in [4.69, 9.17) is 5.26 Å². The zero-order chi connectivity index (χ0) is 15.3. The summed E-state index contributed by atoms with van der Waals surface area (Å²) in [5.41, 5.74) is 2.50. The lowest BCUT2D eigenvalue weighted by Crippen LogP contribution is -2.41. The molecule has 2 fully saturated rings. The maximum absolute atomic E-state index is 9.16. The lowest BCUT2D eigenvalue weighted by Gasteiger charge is -2.36. The maximum atomic E-state index is 9.16. The second-order valence-electron chi connectivity index (χ2n) is 6.43. The summed E-state index contributed by atoms with van der Waals surface area (Å²) in [6.07, 6.45) is 5.97. The Balaban J connectivity index is 1.80. The van der Waals surface area contributed by atoms with Crippen LogP contribution in [0, 0.1) is 17.2 Å². The van der Waals surface area contributed by atoms with Crippen LogP contribution in [0.2, 0.25) is 0 Å². The van der Waals surface area contributed by atoms with E-state index in [0.29, 0.717) is 12.0 Å². The summed E-state index contributed by atoms with van der Waals surface area (Å²) >= 11 is 3.62. The fourth-order valence-electron chi connectivity index (χ4n) is 3.54. The van der Waals surface area contributed by atoms with Gasteiger partial charge in [-0.05, 0) is 66.1 Å². The van der Waals surface area contributed by atoms with Crippen molar-refractivity contribution in [3.63, 3.8) is 0 Å². The standard InChI is InChI=1S/C16H18BrN5/c1-10-6-11(8-18)4-5-21(10)16-15-13(12-2-3-12)7-14(17)22(15)20-9-19-16/h7,9-12H,2-6H2,1H3/t10-,11?/m1/s1. The van der Waals surface area contributed by atoms with Crippen LogP contribution < -0.4 is 4.90 Å². The molecule has 0 radical (unpaired) electrons. The number of halogens is 1. The van der Waals surface area contributed by atoms with Gasteiger partial charge in [0.2, 0.25) is 0 Å². The van der Waals surface area contributed by atoms with Crippen LogP contribution >= 0.6 is 15.9 Å². The Hall–Kier alpha value is -1.61. The van der Waals surface area contributed by atoms with Crippen LogP contribution in [-0.4, -0.2) is 27.2 Å². The number of anilines is 1. The number of fused-ring (bicyclic) bond motifs is 1. The molecular weight excluding hydrogens is 342 g/mol. The predicted octanol–water partition coefficient (Wildman–Crippen LogP) is 3.50. The fraction of sp³-hybridized carbons (Fsp3) is 0.562. The van der Waals surface area contributed by atoms with Crippen molar-refractivity contribution in [1.29, 1.82) is 5.26 Å². The Kier molecular flexibility index (Phi) is 3.33. The predicted molar refractivity (Wildman–Crippen MR) is 87.8 cm³/mol. The van der Waals surface area contributed by atoms with Gasteiger partial charge in [-0.25, -0.2) is 9.50 Å². The lowest BCUT2D eigenvalue weighted by molar-refractivity contribution is 0.414. The van der Waals surface area contributed by atoms with E-state index in [9.17, 15) is 0 Å². The molecule has 1 aliphatic carbocycles. The number of rotatable bonds is 2. The molecule has 6 heteroatoms. The quantitative estimate of drug-likeness (QED) is 0.823. The number of nitriles is 1. The molecule has 2 atom stereocenters. The normalized spacial score (nSPS) is 25.4. The Bertz CT molecular complexity index is 758. The molecule has 4 rings (SSSR count). The minimum Gasteiger partial charge on any atom is -0.352 e. The van der Waals surface area contributed by atoms with Gasteiger partial charge in [0, 0.05) is 18.5 Å². The second kappa shape index (κ2) is 5.24. The molecule has 0 bridgehead atoms. The number of piperidine rings is 1. The van der Waals surface area contributed by atoms with E-state index < -0.39 is 0 Å². The molecule has 0 spiro atoms. The fourth-order valence-corrected chi connectivity index (χ4v) is 4.05. The van der Waals surface area contributed by atoms with Crippen LogP contribution in [0.3, 0.4) is 0 Å². The minimum absolute atomic E-state index is 0.172. The lowest BCUT2D eigenvalue weighted by atomic mass is 9.93. The molecule has 0 aromatic carbocycles. The number of nitrogens with zero attached hydrogens (tertiary/aromatic N) is 5. The third-order valence-corrected chi connectivity index (χ3v) is 5.43. The van der Waals surface area contributed by atoms with Gasteiger partial charge in [-0.2, -0.15) is 10.4 Å². The largest absolute Gasteiger partial charge is 0.352 e. The maximum Gasteiger partial charge on any atom is 0.157 e. The molecule has 2 aromatic rings. The van der Waals surface area contributed by atoms with Crippen molar-refractivity contribution >= 4 is 27.3 Å². The first-order chi connectivity index (χ1) is 10.7. The van der Waals surface area contributed by atoms with Gasteiger partial charge in [-0.15, -0.1) is 0 Å². The molecule has 1 unspecified atom stereocenters. The topological polar surface area (TPSA) is 57.2 Å². The highest BCUT2D eigenvalue weighted by atomic mass is 79.9. The zero-order valence-corrected chi connectivity index (χ0v) is 14.1. The van der Waals surface area contributed by atoms with Gasteiger partial charge < -0.3 is 4.90 Å². The molecular formula is C16H18BrN5. The van der Waals surface area contributed by atoms with E-state index in [0.717, 1.165) is 35.3 Å². The van der Waals surface area contributed by atoms with Gasteiger partial charge in [0.05, 0.1) is 6.07 Å². The van der Waals surface area contributed by atoms with Crippen molar-refractivity contribution in [2.45, 2.75) is 44.6 Å². The highest BCUT2D eigenvalue weighted by Gasteiger charge is 2.32. The first-order valence-electron chi connectivity index (χ1n) is 7.87. The summed E-state index contributed by atoms with van der Waals surface area (Å²) in [4.78, 5) is 6.96. The van der Waals surface area contributed by atoms with Crippen LogP contribution in [0.15, 0.2) is 17.0 Å². The Morgan fingerprint density at radius 1 is 1.36 bits per heavy atom. The molecule has 114 valence electrons. The van der Waals surface area contributed by atoms with Gasteiger partial charge in [-0.1, -0.05) is 0 Å².